The molecule has 0 amide bonds. The quantitative estimate of drug-likeness (QED) is 0.0911. The number of carboxylic acids is 2. The number of nitrogens with zero attached hydrogens (tertiary/aromatic N) is 2. The SMILES string of the molecule is O.O=C([O-])[C@@H](Cc1c[nH]c2ccccc12)NS(=O)(=O)c1ccc(N2CCC(c3ccccc3)CC2)cc1.O=C([O-])[C@@H](Cc1c[nH]c2ccccc12)NS(=O)(=O)c1ccc(N2CCC(c3ccccc3)CC2)cc1.[Na+].[Na+]. The van der Waals surface area contributed by atoms with Crippen molar-refractivity contribution in [2.75, 3.05) is 36.0 Å². The van der Waals surface area contributed by atoms with E-state index >= 15 is 0 Å². The number of carbonyl (C=O) groups excluding carboxylic acids is 2. The minimum atomic E-state index is -4.05. The number of aromatic nitrogens is 2. The van der Waals surface area contributed by atoms with Crippen LogP contribution in [0.3, 0.4) is 0 Å². The molecule has 19 heteroatoms. The Hall–Kier alpha value is -5.28. The van der Waals surface area contributed by atoms with E-state index in [-0.39, 0.29) is 87.2 Å². The molecule has 6 N–H and O–H groups in total. The number of nitrogens with one attached hydrogen (secondary N) is 4. The first kappa shape index (κ1) is 59.0. The van der Waals surface area contributed by atoms with E-state index in [0.717, 1.165) is 85.0 Å². The topological polar surface area (TPSA) is 242 Å². The minimum Gasteiger partial charge on any atom is -0.548 e. The number of rotatable bonds is 16. The largest absolute Gasteiger partial charge is 1.00 e. The van der Waals surface area contributed by atoms with Gasteiger partial charge in [0.05, 0.1) is 33.8 Å². The monoisotopic (exact) mass is 1070 g/mol. The molecule has 10 rings (SSSR count). The molecule has 0 unspecified atom stereocenters. The molecule has 2 aliphatic heterocycles. The number of anilines is 2. The van der Waals surface area contributed by atoms with Gasteiger partial charge < -0.3 is 45.0 Å². The van der Waals surface area contributed by atoms with Crippen molar-refractivity contribution in [1.82, 2.24) is 19.4 Å². The smallest absolute Gasteiger partial charge is 0.548 e. The summed E-state index contributed by atoms with van der Waals surface area (Å²) in [6, 6.07) is 46.4. The molecule has 15 nitrogen and oxygen atoms in total. The number of piperidine rings is 2. The Morgan fingerprint density at radius 1 is 0.493 bits per heavy atom. The van der Waals surface area contributed by atoms with Gasteiger partial charge in [-0.1, -0.05) is 97.1 Å². The second-order valence-corrected chi connectivity index (χ2v) is 21.9. The maximum atomic E-state index is 13.0. The van der Waals surface area contributed by atoms with Crippen molar-refractivity contribution in [3.63, 3.8) is 0 Å². The number of hydrogen-bond acceptors (Lipinski definition) is 10. The number of hydrogen-bond donors (Lipinski definition) is 4. The Kier molecular flexibility index (Phi) is 21.0. The van der Waals surface area contributed by atoms with Crippen molar-refractivity contribution in [2.45, 2.75) is 72.2 Å². The minimum absolute atomic E-state index is 0. The van der Waals surface area contributed by atoms with Crippen LogP contribution in [0, 0.1) is 0 Å². The van der Waals surface area contributed by atoms with Gasteiger partial charge in [-0.2, -0.15) is 0 Å². The Balaban J connectivity index is 0.000000234. The number of carbonyl (C=O) groups is 2. The molecule has 8 aromatic rings. The molecule has 0 radical (unpaired) electrons. The van der Waals surface area contributed by atoms with Crippen LogP contribution in [0.25, 0.3) is 21.8 Å². The van der Waals surface area contributed by atoms with Crippen LogP contribution < -0.4 is 88.6 Å². The maximum Gasteiger partial charge on any atom is 1.00 e. The molecule has 2 fully saturated rings. The summed E-state index contributed by atoms with van der Waals surface area (Å²) in [5, 5.41) is 25.3. The van der Waals surface area contributed by atoms with Gasteiger partial charge in [-0.15, -0.1) is 0 Å². The second kappa shape index (κ2) is 26.7. The first-order chi connectivity index (χ1) is 34.8. The predicted molar refractivity (Wildman–Crippen MR) is 280 cm³/mol. The van der Waals surface area contributed by atoms with Crippen molar-refractivity contribution < 1.29 is 101 Å². The van der Waals surface area contributed by atoms with Crippen LogP contribution in [0.4, 0.5) is 11.4 Å². The summed E-state index contributed by atoms with van der Waals surface area (Å²) in [5.41, 5.74) is 7.76. The van der Waals surface area contributed by atoms with Crippen LogP contribution in [-0.4, -0.2) is 82.5 Å². The summed E-state index contributed by atoms with van der Waals surface area (Å²) < 4.78 is 56.6. The molecule has 75 heavy (non-hydrogen) atoms. The number of aromatic amines is 2. The third kappa shape index (κ3) is 14.6. The molecule has 2 aromatic heterocycles. The third-order valence-electron chi connectivity index (χ3n) is 13.9. The summed E-state index contributed by atoms with van der Waals surface area (Å²) in [7, 11) is -8.11. The van der Waals surface area contributed by atoms with Gasteiger partial charge >= 0.3 is 59.1 Å². The number of benzene rings is 6. The molecule has 380 valence electrons. The summed E-state index contributed by atoms with van der Waals surface area (Å²) >= 11 is 0. The average molecular weight is 1070 g/mol. The first-order valence-corrected chi connectivity index (χ1v) is 27.1. The van der Waals surface area contributed by atoms with Crippen LogP contribution >= 0.6 is 0 Å². The maximum absolute atomic E-state index is 13.0. The van der Waals surface area contributed by atoms with E-state index in [2.05, 4.69) is 77.7 Å². The van der Waals surface area contributed by atoms with Crippen LogP contribution in [0.15, 0.2) is 180 Å². The fraction of sp³-hybridized carbons (Fsp3) is 0.250. The number of H-pyrrole nitrogens is 2. The van der Waals surface area contributed by atoms with Crippen LogP contribution in [-0.2, 0) is 42.5 Å². The molecule has 2 aliphatic rings. The van der Waals surface area contributed by atoms with E-state index in [1.54, 1.807) is 36.7 Å². The zero-order chi connectivity index (χ0) is 50.2. The van der Waals surface area contributed by atoms with E-state index in [9.17, 15) is 36.6 Å². The van der Waals surface area contributed by atoms with Gasteiger partial charge in [0.25, 0.3) is 0 Å². The Bertz CT molecular complexity index is 3120. The Morgan fingerprint density at radius 2 is 0.813 bits per heavy atom. The van der Waals surface area contributed by atoms with E-state index in [4.69, 9.17) is 0 Å². The molecule has 2 saturated heterocycles. The van der Waals surface area contributed by atoms with Crippen molar-refractivity contribution >= 4 is 65.2 Å². The molecule has 4 heterocycles. The Morgan fingerprint density at radius 3 is 1.15 bits per heavy atom. The van der Waals surface area contributed by atoms with E-state index < -0.39 is 44.1 Å². The average Bonchev–Trinajstić information content (AvgIpc) is 4.02. The van der Waals surface area contributed by atoms with Gasteiger partial charge in [-0.3, -0.25) is 0 Å². The molecule has 6 aromatic carbocycles. The summed E-state index contributed by atoms with van der Waals surface area (Å²) in [5.74, 6) is -1.88. The first-order valence-electron chi connectivity index (χ1n) is 24.2. The summed E-state index contributed by atoms with van der Waals surface area (Å²) in [6.45, 7) is 3.56. The zero-order valence-electron chi connectivity index (χ0n) is 42.0. The molecular weight excluding hydrogens is 1010 g/mol. The molecule has 0 spiro atoms. The fourth-order valence-electron chi connectivity index (χ4n) is 9.96. The normalized spacial score (nSPS) is 15.1. The van der Waals surface area contributed by atoms with Gasteiger partial charge in [0.2, 0.25) is 20.0 Å². The standard InChI is InChI=1S/2C28H29N3O4S.2Na.H2O/c2*32-28(33)27(18-22-19-29-26-9-5-4-8-25(22)26)30-36(34,35)24-12-10-23(11-13-24)31-16-14-21(15-17-31)20-6-2-1-3-7-20;;;/h2*1-13,19,21,27,29-30H,14-18H2,(H,32,33);;;1H2/q;;2*+1;/p-2/t2*27-;;;/m11.../s1. The van der Waals surface area contributed by atoms with Crippen LogP contribution in [0.2, 0.25) is 0 Å². The number of aliphatic carboxylic acids is 2. The third-order valence-corrected chi connectivity index (χ3v) is 16.9. The number of carboxylic acid groups (broad SMARTS) is 2. The fourth-order valence-corrected chi connectivity index (χ4v) is 12.3. The van der Waals surface area contributed by atoms with Crippen LogP contribution in [0.5, 0.6) is 0 Å². The number of para-hydroxylation sites is 2. The van der Waals surface area contributed by atoms with Gasteiger partial charge in [0.15, 0.2) is 0 Å². The Labute approximate surface area is 482 Å². The van der Waals surface area contributed by atoms with Gasteiger partial charge in [0, 0.05) is 71.8 Å². The van der Waals surface area contributed by atoms with Gasteiger partial charge in [-0.05, 0) is 133 Å². The molecule has 0 bridgehead atoms. The molecule has 0 saturated carbocycles. The van der Waals surface area contributed by atoms with Gasteiger partial charge in [0.1, 0.15) is 0 Å². The zero-order valence-corrected chi connectivity index (χ0v) is 47.7. The van der Waals surface area contributed by atoms with E-state index in [1.165, 1.54) is 35.4 Å². The van der Waals surface area contributed by atoms with Crippen molar-refractivity contribution in [2.24, 2.45) is 0 Å². The second-order valence-electron chi connectivity index (χ2n) is 18.4. The van der Waals surface area contributed by atoms with Gasteiger partial charge in [-0.25, -0.2) is 26.3 Å². The summed E-state index contributed by atoms with van der Waals surface area (Å²) in [4.78, 5) is 34.3. The van der Waals surface area contributed by atoms with E-state index in [1.807, 2.05) is 60.7 Å². The number of sulfonamides is 2. The van der Waals surface area contributed by atoms with Crippen molar-refractivity contribution in [3.05, 3.63) is 192 Å². The van der Waals surface area contributed by atoms with E-state index in [0.29, 0.717) is 23.0 Å². The molecule has 0 aliphatic carbocycles. The molecule has 2 atom stereocenters. The number of fused-ring (bicyclic) bond motifs is 2. The predicted octanol–water partition coefficient (Wildman–Crippen LogP) is -0.434. The summed E-state index contributed by atoms with van der Waals surface area (Å²) in [6.07, 6.45) is 7.48. The van der Waals surface area contributed by atoms with Crippen molar-refractivity contribution in [1.29, 1.82) is 0 Å². The molecular formula is C56H58N6Na2O9S2. The van der Waals surface area contributed by atoms with Crippen molar-refractivity contribution in [3.8, 4) is 0 Å². The van der Waals surface area contributed by atoms with Crippen LogP contribution in [0.1, 0.15) is 59.8 Å².